The number of hydrogen-bond acceptors (Lipinski definition) is 5. The minimum atomic E-state index is -3.87. The molecule has 0 unspecified atom stereocenters. The molecule has 3 heterocycles. The summed E-state index contributed by atoms with van der Waals surface area (Å²) in [5.74, 6) is 0. The van der Waals surface area contributed by atoms with E-state index in [1.807, 2.05) is 64.1 Å². The molecule has 33 heavy (non-hydrogen) atoms. The third kappa shape index (κ3) is 3.49. The fourth-order valence-corrected chi connectivity index (χ4v) is 5.38. The highest BCUT2D eigenvalue weighted by molar-refractivity contribution is 7.90. The molecule has 1 aliphatic rings. The van der Waals surface area contributed by atoms with Gasteiger partial charge in [0, 0.05) is 23.3 Å². The summed E-state index contributed by atoms with van der Waals surface area (Å²) in [5.41, 5.74) is 1.67. The van der Waals surface area contributed by atoms with Gasteiger partial charge in [0.15, 0.2) is 5.65 Å². The van der Waals surface area contributed by atoms with Crippen molar-refractivity contribution in [3.63, 3.8) is 0 Å². The van der Waals surface area contributed by atoms with Gasteiger partial charge < -0.3 is 9.31 Å². The molecule has 1 fully saturated rings. The van der Waals surface area contributed by atoms with Crippen molar-refractivity contribution >= 4 is 33.6 Å². The van der Waals surface area contributed by atoms with Gasteiger partial charge >= 0.3 is 7.12 Å². The quantitative estimate of drug-likeness (QED) is 0.426. The van der Waals surface area contributed by atoms with Crippen molar-refractivity contribution in [2.45, 2.75) is 43.8 Å². The standard InChI is InChI=1S/C25H25BN2O4S/c1-24(2)25(3,4)32-26(31-24)21-15-16-27-23-22(21)20(18-11-7-5-8-12-18)17-28(23)33(29,30)19-13-9-6-10-14-19/h5-17H,1-4H3. The maximum absolute atomic E-state index is 13.6. The van der Waals surface area contributed by atoms with Gasteiger partial charge in [0.05, 0.1) is 16.1 Å². The maximum atomic E-state index is 13.6. The molecule has 0 aliphatic carbocycles. The van der Waals surface area contributed by atoms with Crippen LogP contribution in [0.1, 0.15) is 27.7 Å². The summed E-state index contributed by atoms with van der Waals surface area (Å²) in [5, 5.41) is 0.696. The Hall–Kier alpha value is -2.94. The van der Waals surface area contributed by atoms with Crippen LogP contribution in [0.25, 0.3) is 22.2 Å². The number of fused-ring (bicyclic) bond motifs is 1. The average Bonchev–Trinajstić information content (AvgIpc) is 3.29. The third-order valence-corrected chi connectivity index (χ3v) is 8.24. The molecular weight excluding hydrogens is 435 g/mol. The lowest BCUT2D eigenvalue weighted by Crippen LogP contribution is -2.41. The second kappa shape index (κ2) is 7.55. The Kier molecular flexibility index (Phi) is 5.01. The zero-order chi connectivity index (χ0) is 23.4. The van der Waals surface area contributed by atoms with Gasteiger partial charge in [-0.15, -0.1) is 0 Å². The molecule has 0 amide bonds. The van der Waals surface area contributed by atoms with Gasteiger partial charge in [-0.3, -0.25) is 0 Å². The lowest BCUT2D eigenvalue weighted by molar-refractivity contribution is 0.00578. The summed E-state index contributed by atoms with van der Waals surface area (Å²) in [6.07, 6.45) is 3.25. The van der Waals surface area contributed by atoms with Crippen LogP contribution in [0, 0.1) is 0 Å². The van der Waals surface area contributed by atoms with Crippen molar-refractivity contribution in [1.29, 1.82) is 0 Å². The third-order valence-electron chi connectivity index (χ3n) is 6.58. The highest BCUT2D eigenvalue weighted by Gasteiger charge is 2.52. The van der Waals surface area contributed by atoms with Crippen LogP contribution >= 0.6 is 0 Å². The minimum Gasteiger partial charge on any atom is -0.399 e. The molecule has 1 aliphatic heterocycles. The number of pyridine rings is 1. The average molecular weight is 460 g/mol. The molecule has 2 aromatic heterocycles. The molecule has 8 heteroatoms. The second-order valence-corrected chi connectivity index (χ2v) is 11.0. The van der Waals surface area contributed by atoms with E-state index in [1.165, 1.54) is 3.97 Å². The minimum absolute atomic E-state index is 0.198. The molecule has 0 spiro atoms. The molecule has 5 rings (SSSR count). The van der Waals surface area contributed by atoms with Crippen LogP contribution in [0.3, 0.4) is 0 Å². The van der Waals surface area contributed by atoms with Crippen molar-refractivity contribution in [1.82, 2.24) is 8.96 Å². The van der Waals surface area contributed by atoms with Gasteiger partial charge in [0.25, 0.3) is 10.0 Å². The first-order valence-electron chi connectivity index (χ1n) is 10.8. The van der Waals surface area contributed by atoms with Crippen molar-refractivity contribution in [2.75, 3.05) is 0 Å². The molecular formula is C25H25BN2O4S. The normalized spacial score (nSPS) is 17.5. The molecule has 6 nitrogen and oxygen atoms in total. The van der Waals surface area contributed by atoms with E-state index >= 15 is 0 Å². The van der Waals surface area contributed by atoms with Crippen LogP contribution in [-0.4, -0.2) is 35.7 Å². The van der Waals surface area contributed by atoms with E-state index in [2.05, 4.69) is 4.98 Å². The first-order valence-corrected chi connectivity index (χ1v) is 12.3. The number of hydrogen-bond donors (Lipinski definition) is 0. The number of benzene rings is 2. The van der Waals surface area contributed by atoms with E-state index in [0.29, 0.717) is 11.0 Å². The Labute approximate surface area is 194 Å². The van der Waals surface area contributed by atoms with Crippen molar-refractivity contribution < 1.29 is 17.7 Å². The van der Waals surface area contributed by atoms with Crippen LogP contribution in [0.2, 0.25) is 0 Å². The van der Waals surface area contributed by atoms with Crippen LogP contribution in [-0.2, 0) is 19.3 Å². The fourth-order valence-electron chi connectivity index (χ4n) is 4.04. The van der Waals surface area contributed by atoms with E-state index in [0.717, 1.165) is 16.6 Å². The van der Waals surface area contributed by atoms with Crippen molar-refractivity contribution in [3.05, 3.63) is 79.1 Å². The first-order chi connectivity index (χ1) is 15.6. The molecule has 1 saturated heterocycles. The second-order valence-electron chi connectivity index (χ2n) is 9.21. The summed E-state index contributed by atoms with van der Waals surface area (Å²) in [6, 6.07) is 19.9. The Bertz CT molecular complexity index is 1420. The molecule has 0 radical (unpaired) electrons. The highest BCUT2D eigenvalue weighted by atomic mass is 32.2. The van der Waals surface area contributed by atoms with E-state index in [-0.39, 0.29) is 4.90 Å². The largest absolute Gasteiger partial charge is 0.495 e. The Morgan fingerprint density at radius 1 is 0.848 bits per heavy atom. The summed E-state index contributed by atoms with van der Waals surface area (Å²) in [6.45, 7) is 7.98. The SMILES string of the molecule is CC1(C)OB(c2ccnc3c2c(-c2ccccc2)cn3S(=O)(=O)c2ccccc2)OC1(C)C. The smallest absolute Gasteiger partial charge is 0.399 e. The molecule has 2 aromatic carbocycles. The van der Waals surface area contributed by atoms with Gasteiger partial charge in [-0.05, 0) is 56.9 Å². The topological polar surface area (TPSA) is 70.4 Å². The summed E-state index contributed by atoms with van der Waals surface area (Å²) >= 11 is 0. The Morgan fingerprint density at radius 2 is 1.42 bits per heavy atom. The van der Waals surface area contributed by atoms with Crippen LogP contribution in [0.4, 0.5) is 0 Å². The van der Waals surface area contributed by atoms with Crippen molar-refractivity contribution in [3.8, 4) is 11.1 Å². The number of aromatic nitrogens is 2. The van der Waals surface area contributed by atoms with Crippen molar-refractivity contribution in [2.24, 2.45) is 0 Å². The van der Waals surface area contributed by atoms with Crippen LogP contribution < -0.4 is 5.46 Å². The van der Waals surface area contributed by atoms with Gasteiger partial charge in [-0.25, -0.2) is 17.4 Å². The number of nitrogens with zero attached hydrogens (tertiary/aromatic N) is 2. The summed E-state index contributed by atoms with van der Waals surface area (Å²) < 4.78 is 41.1. The lowest BCUT2D eigenvalue weighted by atomic mass is 9.76. The molecule has 168 valence electrons. The Morgan fingerprint density at radius 3 is 2.03 bits per heavy atom. The zero-order valence-electron chi connectivity index (χ0n) is 19.0. The molecule has 0 bridgehead atoms. The van der Waals surface area contributed by atoms with Gasteiger partial charge in [-0.1, -0.05) is 48.5 Å². The molecule has 4 aromatic rings. The van der Waals surface area contributed by atoms with Gasteiger partial charge in [-0.2, -0.15) is 0 Å². The molecule has 0 saturated carbocycles. The summed E-state index contributed by atoms with van der Waals surface area (Å²) in [7, 11) is -4.52. The van der Waals surface area contributed by atoms with Crippen LogP contribution in [0.5, 0.6) is 0 Å². The molecule has 0 atom stereocenters. The van der Waals surface area contributed by atoms with E-state index in [4.69, 9.17) is 9.31 Å². The maximum Gasteiger partial charge on any atom is 0.495 e. The van der Waals surface area contributed by atoms with Gasteiger partial charge in [0.1, 0.15) is 0 Å². The van der Waals surface area contributed by atoms with E-state index < -0.39 is 28.3 Å². The number of rotatable bonds is 4. The fraction of sp³-hybridized carbons (Fsp3) is 0.240. The van der Waals surface area contributed by atoms with E-state index in [1.54, 1.807) is 42.7 Å². The Balaban J connectivity index is 1.79. The van der Waals surface area contributed by atoms with Gasteiger partial charge in [0.2, 0.25) is 0 Å². The molecule has 0 N–H and O–H groups in total. The zero-order valence-corrected chi connectivity index (χ0v) is 19.8. The predicted octanol–water partition coefficient (Wildman–Crippen LogP) is 4.24. The first kappa shape index (κ1) is 21.9. The monoisotopic (exact) mass is 460 g/mol. The van der Waals surface area contributed by atoms with Crippen LogP contribution in [0.15, 0.2) is 84.0 Å². The highest BCUT2D eigenvalue weighted by Crippen LogP contribution is 2.38. The predicted molar refractivity (Wildman–Crippen MR) is 130 cm³/mol. The van der Waals surface area contributed by atoms with E-state index in [9.17, 15) is 8.42 Å². The lowest BCUT2D eigenvalue weighted by Gasteiger charge is -2.32. The summed E-state index contributed by atoms with van der Waals surface area (Å²) in [4.78, 5) is 4.70.